The van der Waals surface area contributed by atoms with Crippen LogP contribution in [0.1, 0.15) is 22.4 Å². The molecule has 0 spiro atoms. The van der Waals surface area contributed by atoms with Crippen LogP contribution in [-0.2, 0) is 17.8 Å². The number of thiazole rings is 1. The highest BCUT2D eigenvalue weighted by Gasteiger charge is 2.22. The lowest BCUT2D eigenvalue weighted by Crippen LogP contribution is -2.32. The van der Waals surface area contributed by atoms with Crippen LogP contribution in [0.15, 0.2) is 60.8 Å². The molecular weight excluding hydrogens is 394 g/mol. The van der Waals surface area contributed by atoms with E-state index in [4.69, 9.17) is 9.72 Å². The second-order valence-corrected chi connectivity index (χ2v) is 8.19. The molecule has 0 saturated heterocycles. The van der Waals surface area contributed by atoms with Gasteiger partial charge in [0.2, 0.25) is 5.91 Å². The number of aryl methyl sites for hydroxylation is 2. The third-order valence-corrected chi connectivity index (χ3v) is 6.21. The number of carbonyl (C=O) groups excluding carboxylic acids is 1. The summed E-state index contributed by atoms with van der Waals surface area (Å²) in [7, 11) is 1.63. The zero-order valence-corrected chi connectivity index (χ0v) is 18.1. The number of carbonyl (C=O) groups is 1. The van der Waals surface area contributed by atoms with E-state index in [1.54, 1.807) is 18.2 Å². The Morgan fingerprint density at radius 2 is 1.87 bits per heavy atom. The molecule has 4 aromatic rings. The van der Waals surface area contributed by atoms with Gasteiger partial charge < -0.3 is 4.74 Å². The highest BCUT2D eigenvalue weighted by Crippen LogP contribution is 2.33. The molecule has 0 unspecified atom stereocenters. The summed E-state index contributed by atoms with van der Waals surface area (Å²) in [5, 5.41) is 0.697. The first-order valence-corrected chi connectivity index (χ1v) is 10.6. The third kappa shape index (κ3) is 4.19. The number of methoxy groups -OCH3 is 1. The number of benzene rings is 2. The second-order valence-electron chi connectivity index (χ2n) is 7.18. The Bertz CT molecular complexity index is 1170. The van der Waals surface area contributed by atoms with Gasteiger partial charge in [0.1, 0.15) is 5.75 Å². The van der Waals surface area contributed by atoms with Crippen molar-refractivity contribution in [2.75, 3.05) is 12.0 Å². The molecule has 4 rings (SSSR count). The van der Waals surface area contributed by atoms with Crippen molar-refractivity contribution in [2.45, 2.75) is 26.8 Å². The maximum absolute atomic E-state index is 13.3. The number of hydrogen-bond acceptors (Lipinski definition) is 5. The molecule has 1 amide bonds. The quantitative estimate of drug-likeness (QED) is 0.438. The fourth-order valence-corrected chi connectivity index (χ4v) is 4.30. The van der Waals surface area contributed by atoms with E-state index >= 15 is 0 Å². The number of rotatable bonds is 6. The molecule has 152 valence electrons. The van der Waals surface area contributed by atoms with Crippen molar-refractivity contribution in [3.05, 3.63) is 83.2 Å². The largest absolute Gasteiger partial charge is 0.497 e. The van der Waals surface area contributed by atoms with E-state index < -0.39 is 0 Å². The Balaban J connectivity index is 1.68. The molecule has 0 bridgehead atoms. The number of anilines is 1. The number of hydrogen-bond donors (Lipinski definition) is 0. The molecule has 0 fully saturated rings. The van der Waals surface area contributed by atoms with Crippen LogP contribution in [0, 0.1) is 13.8 Å². The minimum absolute atomic E-state index is 0.0146. The lowest BCUT2D eigenvalue weighted by atomic mass is 10.1. The molecule has 0 aliphatic carbocycles. The van der Waals surface area contributed by atoms with Crippen LogP contribution in [-0.4, -0.2) is 23.0 Å². The summed E-state index contributed by atoms with van der Waals surface area (Å²) in [4.78, 5) is 24.3. The Morgan fingerprint density at radius 1 is 1.07 bits per heavy atom. The summed E-state index contributed by atoms with van der Waals surface area (Å²) in [6.07, 6.45) is 2.03. The van der Waals surface area contributed by atoms with Gasteiger partial charge in [0, 0.05) is 6.20 Å². The molecule has 30 heavy (non-hydrogen) atoms. The van der Waals surface area contributed by atoms with E-state index in [2.05, 4.69) is 31.0 Å². The Kier molecular flexibility index (Phi) is 5.77. The summed E-state index contributed by atoms with van der Waals surface area (Å²) in [5.74, 6) is 0.757. The lowest BCUT2D eigenvalue weighted by Gasteiger charge is -2.19. The molecule has 2 aromatic heterocycles. The summed E-state index contributed by atoms with van der Waals surface area (Å²) < 4.78 is 6.29. The van der Waals surface area contributed by atoms with Crippen molar-refractivity contribution >= 4 is 32.6 Å². The van der Waals surface area contributed by atoms with Gasteiger partial charge in [0.25, 0.3) is 0 Å². The number of aromatic nitrogens is 2. The van der Waals surface area contributed by atoms with Crippen molar-refractivity contribution in [3.8, 4) is 5.75 Å². The third-order valence-electron chi connectivity index (χ3n) is 5.17. The first kappa shape index (κ1) is 20.0. The SMILES string of the molecule is COc1ccc(CC(=O)N(Cc2ccccn2)c2nc3c(C)c(C)ccc3s2)cc1. The molecule has 0 saturated carbocycles. The van der Waals surface area contributed by atoms with Crippen LogP contribution < -0.4 is 9.64 Å². The molecule has 2 aromatic carbocycles. The lowest BCUT2D eigenvalue weighted by molar-refractivity contribution is -0.118. The maximum Gasteiger partial charge on any atom is 0.233 e. The van der Waals surface area contributed by atoms with Gasteiger partial charge in [-0.25, -0.2) is 4.98 Å². The van der Waals surface area contributed by atoms with E-state index in [9.17, 15) is 4.79 Å². The number of nitrogens with zero attached hydrogens (tertiary/aromatic N) is 3. The van der Waals surface area contributed by atoms with Crippen molar-refractivity contribution in [3.63, 3.8) is 0 Å². The van der Waals surface area contributed by atoms with Gasteiger partial charge in [-0.15, -0.1) is 0 Å². The highest BCUT2D eigenvalue weighted by molar-refractivity contribution is 7.22. The van der Waals surface area contributed by atoms with Gasteiger partial charge in [-0.1, -0.05) is 35.6 Å². The smallest absolute Gasteiger partial charge is 0.233 e. The van der Waals surface area contributed by atoms with Gasteiger partial charge in [-0.05, 0) is 60.9 Å². The minimum Gasteiger partial charge on any atom is -0.497 e. The number of pyridine rings is 1. The molecular formula is C24H23N3O2S. The van der Waals surface area contributed by atoms with E-state index in [1.807, 2.05) is 42.5 Å². The standard InChI is InChI=1S/C24H23N3O2S/c1-16-7-12-21-23(17(16)2)26-24(30-21)27(15-19-6-4-5-13-25-19)22(28)14-18-8-10-20(29-3)11-9-18/h4-13H,14-15H2,1-3H3. The number of fused-ring (bicyclic) bond motifs is 1. The van der Waals surface area contributed by atoms with Crippen molar-refractivity contribution in [1.29, 1.82) is 0 Å². The molecule has 6 heteroatoms. The zero-order chi connectivity index (χ0) is 21.1. The Hall–Kier alpha value is -3.25. The summed E-state index contributed by atoms with van der Waals surface area (Å²) in [6, 6.07) is 17.5. The Morgan fingerprint density at radius 3 is 2.57 bits per heavy atom. The van der Waals surface area contributed by atoms with Crippen LogP contribution in [0.5, 0.6) is 5.75 Å². The molecule has 2 heterocycles. The highest BCUT2D eigenvalue weighted by atomic mass is 32.1. The molecule has 0 aliphatic heterocycles. The van der Waals surface area contributed by atoms with Gasteiger partial charge in [-0.3, -0.25) is 14.7 Å². The zero-order valence-electron chi connectivity index (χ0n) is 17.3. The van der Waals surface area contributed by atoms with Crippen LogP contribution in [0.2, 0.25) is 0 Å². The van der Waals surface area contributed by atoms with E-state index in [0.717, 1.165) is 32.8 Å². The van der Waals surface area contributed by atoms with E-state index in [1.165, 1.54) is 16.9 Å². The van der Waals surface area contributed by atoms with Gasteiger partial charge in [0.15, 0.2) is 5.13 Å². The monoisotopic (exact) mass is 417 g/mol. The van der Waals surface area contributed by atoms with E-state index in [0.29, 0.717) is 11.7 Å². The Labute approximate surface area is 180 Å². The molecule has 0 N–H and O–H groups in total. The van der Waals surface area contributed by atoms with Crippen LogP contribution in [0.3, 0.4) is 0 Å². The number of ether oxygens (including phenoxy) is 1. The van der Waals surface area contributed by atoms with Crippen molar-refractivity contribution in [2.24, 2.45) is 0 Å². The normalized spacial score (nSPS) is 10.9. The average molecular weight is 418 g/mol. The molecule has 0 aliphatic rings. The summed E-state index contributed by atoms with van der Waals surface area (Å²) >= 11 is 1.54. The van der Waals surface area contributed by atoms with Gasteiger partial charge in [0.05, 0.1) is 36.0 Å². The summed E-state index contributed by atoms with van der Waals surface area (Å²) in [5.41, 5.74) is 5.06. The van der Waals surface area contributed by atoms with Gasteiger partial charge in [-0.2, -0.15) is 0 Å². The first-order valence-electron chi connectivity index (χ1n) is 9.75. The number of amides is 1. The van der Waals surface area contributed by atoms with Crippen molar-refractivity contribution in [1.82, 2.24) is 9.97 Å². The second kappa shape index (κ2) is 8.63. The van der Waals surface area contributed by atoms with Crippen LogP contribution in [0.4, 0.5) is 5.13 Å². The topological polar surface area (TPSA) is 55.3 Å². The fourth-order valence-electron chi connectivity index (χ4n) is 3.26. The molecule has 5 nitrogen and oxygen atoms in total. The van der Waals surface area contributed by atoms with Crippen LogP contribution >= 0.6 is 11.3 Å². The van der Waals surface area contributed by atoms with Crippen molar-refractivity contribution < 1.29 is 9.53 Å². The fraction of sp³-hybridized carbons (Fsp3) is 0.208. The average Bonchev–Trinajstić information content (AvgIpc) is 3.20. The van der Waals surface area contributed by atoms with E-state index in [-0.39, 0.29) is 12.3 Å². The minimum atomic E-state index is -0.0146. The predicted molar refractivity (Wildman–Crippen MR) is 121 cm³/mol. The predicted octanol–water partition coefficient (Wildman–Crippen LogP) is 5.09. The first-order chi connectivity index (χ1) is 14.5. The van der Waals surface area contributed by atoms with Gasteiger partial charge >= 0.3 is 0 Å². The molecule has 0 atom stereocenters. The summed E-state index contributed by atoms with van der Waals surface area (Å²) in [6.45, 7) is 4.53. The van der Waals surface area contributed by atoms with Crippen LogP contribution in [0.25, 0.3) is 10.2 Å². The molecule has 0 radical (unpaired) electrons. The maximum atomic E-state index is 13.3.